The van der Waals surface area contributed by atoms with E-state index < -0.39 is 0 Å². The molecule has 2 aromatic carbocycles. The molecular weight excluding hydrogens is 359 g/mol. The minimum atomic E-state index is -0.338. The molecule has 4 rings (SSSR count). The van der Waals surface area contributed by atoms with Crippen LogP contribution in [0.3, 0.4) is 0 Å². The summed E-state index contributed by atoms with van der Waals surface area (Å²) in [6.45, 7) is 4.24. The van der Waals surface area contributed by atoms with Crippen LogP contribution in [0.25, 0.3) is 0 Å². The number of amides is 1. The van der Waals surface area contributed by atoms with Crippen LogP contribution in [0.4, 0.5) is 10.1 Å². The molecule has 1 amide bonds. The Kier molecular flexibility index (Phi) is 4.77. The first-order valence-electron chi connectivity index (χ1n) is 9.10. The molecule has 6 heteroatoms. The monoisotopic (exact) mass is 380 g/mol. The summed E-state index contributed by atoms with van der Waals surface area (Å²) in [5, 5.41) is 2.85. The molecule has 1 aliphatic rings. The number of aryl methyl sites for hydroxylation is 2. The molecule has 1 atom stereocenters. The quantitative estimate of drug-likeness (QED) is 0.704. The largest absolute Gasteiger partial charge is 0.454 e. The Morgan fingerprint density at radius 2 is 1.71 bits per heavy atom. The first kappa shape index (κ1) is 18.1. The summed E-state index contributed by atoms with van der Waals surface area (Å²) >= 11 is 0. The molecule has 1 aliphatic heterocycles. The number of ether oxygens (including phenoxy) is 2. The molecule has 144 valence electrons. The Labute approximate surface area is 162 Å². The van der Waals surface area contributed by atoms with Crippen molar-refractivity contribution in [2.24, 2.45) is 0 Å². The highest BCUT2D eigenvalue weighted by Gasteiger charge is 2.23. The van der Waals surface area contributed by atoms with E-state index in [2.05, 4.69) is 9.88 Å². The van der Waals surface area contributed by atoms with E-state index in [1.54, 1.807) is 12.1 Å². The van der Waals surface area contributed by atoms with Gasteiger partial charge in [0.25, 0.3) is 0 Å². The molecule has 1 N–H and O–H groups in total. The highest BCUT2D eigenvalue weighted by atomic mass is 19.1. The van der Waals surface area contributed by atoms with Gasteiger partial charge in [0.15, 0.2) is 11.5 Å². The zero-order chi connectivity index (χ0) is 19.7. The molecule has 2 heterocycles. The van der Waals surface area contributed by atoms with E-state index in [-0.39, 0.29) is 31.0 Å². The lowest BCUT2D eigenvalue weighted by Crippen LogP contribution is -2.21. The maximum atomic E-state index is 13.1. The minimum absolute atomic E-state index is 0.151. The van der Waals surface area contributed by atoms with E-state index in [1.807, 2.05) is 44.2 Å². The molecule has 0 bridgehead atoms. The summed E-state index contributed by atoms with van der Waals surface area (Å²) in [5.41, 5.74) is 3.65. The average molecular weight is 380 g/mol. The maximum Gasteiger partial charge on any atom is 0.231 e. The van der Waals surface area contributed by atoms with Gasteiger partial charge in [-0.25, -0.2) is 4.39 Å². The molecule has 3 aromatic rings. The fourth-order valence-electron chi connectivity index (χ4n) is 3.57. The van der Waals surface area contributed by atoms with Crippen molar-refractivity contribution < 1.29 is 18.7 Å². The average Bonchev–Trinajstić information content (AvgIpc) is 3.27. The van der Waals surface area contributed by atoms with Gasteiger partial charge < -0.3 is 19.4 Å². The summed E-state index contributed by atoms with van der Waals surface area (Å²) in [7, 11) is 0. The smallest absolute Gasteiger partial charge is 0.231 e. The lowest BCUT2D eigenvalue weighted by atomic mass is 10.0. The second-order valence-electron chi connectivity index (χ2n) is 6.87. The maximum absolute atomic E-state index is 13.1. The molecule has 28 heavy (non-hydrogen) atoms. The standard InChI is InChI=1S/C22H21FN2O3/c1-14-3-4-15(2)25(14)19(16-5-10-20-21(11-16)28-13-27-20)12-22(26)24-18-8-6-17(23)7-9-18/h3-11,19H,12-13H2,1-2H3,(H,24,26)/t19-/m0/s1. The number of hydrogen-bond donors (Lipinski definition) is 1. The summed E-state index contributed by atoms with van der Waals surface area (Å²) in [4.78, 5) is 12.8. The summed E-state index contributed by atoms with van der Waals surface area (Å²) in [5.74, 6) is 0.903. The fourth-order valence-corrected chi connectivity index (χ4v) is 3.57. The number of halogens is 1. The molecule has 0 aliphatic carbocycles. The van der Waals surface area contributed by atoms with Crippen molar-refractivity contribution in [1.82, 2.24) is 4.57 Å². The predicted molar refractivity (Wildman–Crippen MR) is 104 cm³/mol. The topological polar surface area (TPSA) is 52.5 Å². The van der Waals surface area contributed by atoms with Gasteiger partial charge in [0.05, 0.1) is 12.5 Å². The Morgan fingerprint density at radius 3 is 2.43 bits per heavy atom. The molecule has 0 fully saturated rings. The molecule has 1 aromatic heterocycles. The third kappa shape index (κ3) is 3.58. The van der Waals surface area contributed by atoms with Crippen LogP contribution >= 0.6 is 0 Å². The number of hydrogen-bond acceptors (Lipinski definition) is 3. The number of fused-ring (bicyclic) bond motifs is 1. The molecular formula is C22H21FN2O3. The van der Waals surface area contributed by atoms with Crippen LogP contribution in [-0.2, 0) is 4.79 Å². The van der Waals surface area contributed by atoms with Gasteiger partial charge in [-0.1, -0.05) is 6.07 Å². The lowest BCUT2D eigenvalue weighted by Gasteiger charge is -2.23. The zero-order valence-corrected chi connectivity index (χ0v) is 15.7. The van der Waals surface area contributed by atoms with E-state index in [1.165, 1.54) is 12.1 Å². The van der Waals surface area contributed by atoms with Crippen molar-refractivity contribution in [1.29, 1.82) is 0 Å². The van der Waals surface area contributed by atoms with Crippen LogP contribution in [0.2, 0.25) is 0 Å². The number of rotatable bonds is 5. The lowest BCUT2D eigenvalue weighted by molar-refractivity contribution is -0.116. The molecule has 0 saturated heterocycles. The number of carbonyl (C=O) groups is 1. The Hall–Kier alpha value is -3.28. The summed E-state index contributed by atoms with van der Waals surface area (Å²) in [6.07, 6.45) is 0.230. The Balaban J connectivity index is 1.63. The second kappa shape index (κ2) is 7.38. The van der Waals surface area contributed by atoms with Crippen LogP contribution in [0.5, 0.6) is 11.5 Å². The van der Waals surface area contributed by atoms with Crippen molar-refractivity contribution in [2.75, 3.05) is 12.1 Å². The first-order valence-corrected chi connectivity index (χ1v) is 9.10. The van der Waals surface area contributed by atoms with Gasteiger partial charge in [0, 0.05) is 17.1 Å². The van der Waals surface area contributed by atoms with E-state index in [0.29, 0.717) is 17.2 Å². The van der Waals surface area contributed by atoms with Gasteiger partial charge in [-0.15, -0.1) is 0 Å². The highest BCUT2D eigenvalue weighted by Crippen LogP contribution is 2.37. The van der Waals surface area contributed by atoms with Gasteiger partial charge in [-0.2, -0.15) is 0 Å². The normalized spacial score (nSPS) is 13.4. The first-order chi connectivity index (χ1) is 13.5. The molecule has 0 spiro atoms. The Morgan fingerprint density at radius 1 is 1.04 bits per heavy atom. The van der Waals surface area contributed by atoms with Crippen molar-refractivity contribution in [2.45, 2.75) is 26.3 Å². The van der Waals surface area contributed by atoms with E-state index >= 15 is 0 Å². The van der Waals surface area contributed by atoms with Crippen LogP contribution in [0, 0.1) is 19.7 Å². The number of anilines is 1. The van der Waals surface area contributed by atoms with E-state index in [9.17, 15) is 9.18 Å². The van der Waals surface area contributed by atoms with Crippen LogP contribution in [0.15, 0.2) is 54.6 Å². The molecule has 5 nitrogen and oxygen atoms in total. The van der Waals surface area contributed by atoms with Crippen molar-refractivity contribution in [3.8, 4) is 11.5 Å². The number of carbonyl (C=O) groups excluding carboxylic acids is 1. The van der Waals surface area contributed by atoms with Crippen LogP contribution < -0.4 is 14.8 Å². The summed E-state index contributed by atoms with van der Waals surface area (Å²) in [6, 6.07) is 15.4. The van der Waals surface area contributed by atoms with Crippen LogP contribution in [0.1, 0.15) is 29.4 Å². The predicted octanol–water partition coefficient (Wildman–Crippen LogP) is 4.59. The molecule has 0 radical (unpaired) electrons. The third-order valence-electron chi connectivity index (χ3n) is 4.93. The van der Waals surface area contributed by atoms with Gasteiger partial charge in [-0.05, 0) is 67.9 Å². The fraction of sp³-hybridized carbons (Fsp3) is 0.227. The number of nitrogens with zero attached hydrogens (tertiary/aromatic N) is 1. The van der Waals surface area contributed by atoms with E-state index in [0.717, 1.165) is 17.0 Å². The highest BCUT2D eigenvalue weighted by molar-refractivity contribution is 5.91. The number of nitrogens with one attached hydrogen (secondary N) is 1. The van der Waals surface area contributed by atoms with Crippen LogP contribution in [-0.4, -0.2) is 17.3 Å². The zero-order valence-electron chi connectivity index (χ0n) is 15.7. The van der Waals surface area contributed by atoms with Gasteiger partial charge in [-0.3, -0.25) is 4.79 Å². The summed E-state index contributed by atoms with van der Waals surface area (Å²) < 4.78 is 26.2. The SMILES string of the molecule is Cc1ccc(C)n1[C@@H](CC(=O)Nc1ccc(F)cc1)c1ccc2c(c1)OCO2. The van der Waals surface area contributed by atoms with Crippen molar-refractivity contribution in [3.05, 3.63) is 77.4 Å². The van der Waals surface area contributed by atoms with Gasteiger partial charge >= 0.3 is 0 Å². The van der Waals surface area contributed by atoms with Crippen molar-refractivity contribution >= 4 is 11.6 Å². The third-order valence-corrected chi connectivity index (χ3v) is 4.93. The van der Waals surface area contributed by atoms with Gasteiger partial charge in [0.1, 0.15) is 5.82 Å². The van der Waals surface area contributed by atoms with E-state index in [4.69, 9.17) is 9.47 Å². The molecule has 0 saturated carbocycles. The number of aromatic nitrogens is 1. The minimum Gasteiger partial charge on any atom is -0.454 e. The second-order valence-corrected chi connectivity index (χ2v) is 6.87. The Bertz CT molecular complexity index is 992. The number of benzene rings is 2. The molecule has 0 unspecified atom stereocenters. The van der Waals surface area contributed by atoms with Crippen molar-refractivity contribution in [3.63, 3.8) is 0 Å². The van der Waals surface area contributed by atoms with Gasteiger partial charge in [0.2, 0.25) is 12.7 Å².